The largest absolute Gasteiger partial charge is 0.454 e. The molecule has 1 aromatic heterocycles. The zero-order chi connectivity index (χ0) is 24.6. The van der Waals surface area contributed by atoms with Crippen LogP contribution in [0.1, 0.15) is 22.8 Å². The average Bonchev–Trinajstić information content (AvgIpc) is 3.32. The Labute approximate surface area is 207 Å². The van der Waals surface area contributed by atoms with Crippen molar-refractivity contribution in [3.05, 3.63) is 96.1 Å². The molecule has 8 heteroatoms. The molecule has 0 aliphatic rings. The molecule has 3 aromatic carbocycles. The summed E-state index contributed by atoms with van der Waals surface area (Å²) in [5, 5.41) is 3.30. The number of thiazole rings is 1. The quantitative estimate of drug-likeness (QED) is 0.357. The molecule has 0 saturated carbocycles. The third kappa shape index (κ3) is 6.10. The molecule has 4 aromatic rings. The molecule has 4 rings (SSSR count). The zero-order valence-corrected chi connectivity index (χ0v) is 20.0. The number of amides is 2. The molecule has 1 N–H and O–H groups in total. The van der Waals surface area contributed by atoms with Gasteiger partial charge in [-0.05, 0) is 36.8 Å². The molecule has 35 heavy (non-hydrogen) atoms. The fraction of sp³-hybridized carbons (Fsp3) is 0.185. The monoisotopic (exact) mass is 487 g/mol. The maximum Gasteiger partial charge on any atom is 0.329 e. The van der Waals surface area contributed by atoms with Gasteiger partial charge in [-0.2, -0.15) is 0 Å². The van der Waals surface area contributed by atoms with Crippen LogP contribution in [0.5, 0.6) is 0 Å². The summed E-state index contributed by atoms with van der Waals surface area (Å²) in [5.41, 5.74) is 2.10. The van der Waals surface area contributed by atoms with Crippen LogP contribution in [0, 0.1) is 0 Å². The van der Waals surface area contributed by atoms with Gasteiger partial charge >= 0.3 is 5.97 Å². The second-order valence-corrected chi connectivity index (χ2v) is 8.80. The van der Waals surface area contributed by atoms with Gasteiger partial charge in [0, 0.05) is 18.5 Å². The number of likely N-dealkylation sites (N-methyl/N-ethyl adjacent to an activating group) is 1. The van der Waals surface area contributed by atoms with Crippen LogP contribution in [0.15, 0.2) is 84.9 Å². The van der Waals surface area contributed by atoms with Crippen LogP contribution < -0.4 is 10.2 Å². The molecule has 0 fully saturated rings. The number of benzene rings is 3. The lowest BCUT2D eigenvalue weighted by Crippen LogP contribution is -2.44. The molecule has 1 atom stereocenters. The number of carbonyl (C=O) groups is 3. The molecular weight excluding hydrogens is 462 g/mol. The summed E-state index contributed by atoms with van der Waals surface area (Å²) in [6.45, 7) is 1.77. The number of rotatable bonds is 9. The number of nitrogens with one attached hydrogen (secondary N) is 1. The van der Waals surface area contributed by atoms with Gasteiger partial charge in [0.1, 0.15) is 6.04 Å². The Bertz CT molecular complexity index is 1270. The van der Waals surface area contributed by atoms with E-state index in [1.54, 1.807) is 24.3 Å². The lowest BCUT2D eigenvalue weighted by molar-refractivity contribution is -0.149. The Balaban J connectivity index is 1.44. The molecule has 0 bridgehead atoms. The van der Waals surface area contributed by atoms with Gasteiger partial charge in [0.25, 0.3) is 11.8 Å². The van der Waals surface area contributed by atoms with E-state index < -0.39 is 18.6 Å². The SMILES string of the molecule is CCN(C(=O)COC(=O)C(Cc1ccccc1)NC(=O)c1ccccc1)c1nc2ccccc2s1. The van der Waals surface area contributed by atoms with Crippen LogP contribution in [0.3, 0.4) is 0 Å². The highest BCUT2D eigenvalue weighted by Crippen LogP contribution is 2.28. The normalized spacial score (nSPS) is 11.6. The number of nitrogens with zero attached hydrogens (tertiary/aromatic N) is 2. The highest BCUT2D eigenvalue weighted by atomic mass is 32.1. The van der Waals surface area contributed by atoms with E-state index in [0.29, 0.717) is 17.2 Å². The van der Waals surface area contributed by atoms with Crippen LogP contribution in [-0.2, 0) is 20.7 Å². The van der Waals surface area contributed by atoms with Crippen molar-refractivity contribution in [2.75, 3.05) is 18.1 Å². The van der Waals surface area contributed by atoms with Crippen molar-refractivity contribution in [1.82, 2.24) is 10.3 Å². The highest BCUT2D eigenvalue weighted by molar-refractivity contribution is 7.22. The first-order valence-corrected chi connectivity index (χ1v) is 12.1. The molecule has 1 unspecified atom stereocenters. The number of para-hydroxylation sites is 1. The second kappa shape index (κ2) is 11.4. The molecule has 0 spiro atoms. The van der Waals surface area contributed by atoms with Gasteiger partial charge < -0.3 is 10.1 Å². The highest BCUT2D eigenvalue weighted by Gasteiger charge is 2.26. The fourth-order valence-corrected chi connectivity index (χ4v) is 4.63. The molecule has 0 saturated heterocycles. The van der Waals surface area contributed by atoms with E-state index in [9.17, 15) is 14.4 Å². The number of carbonyl (C=O) groups excluding carboxylic acids is 3. The Hall–Kier alpha value is -4.04. The van der Waals surface area contributed by atoms with Crippen LogP contribution in [0.4, 0.5) is 5.13 Å². The maximum atomic E-state index is 13.0. The Kier molecular flexibility index (Phi) is 7.84. The van der Waals surface area contributed by atoms with Gasteiger partial charge in [0.15, 0.2) is 11.7 Å². The fourth-order valence-electron chi connectivity index (χ4n) is 3.58. The molecule has 0 aliphatic heterocycles. The van der Waals surface area contributed by atoms with Crippen molar-refractivity contribution in [2.24, 2.45) is 0 Å². The predicted octanol–water partition coefficient (Wildman–Crippen LogP) is 4.23. The predicted molar refractivity (Wildman–Crippen MR) is 136 cm³/mol. The van der Waals surface area contributed by atoms with Crippen molar-refractivity contribution in [3.63, 3.8) is 0 Å². The lowest BCUT2D eigenvalue weighted by atomic mass is 10.1. The molecule has 1 heterocycles. The Morgan fingerprint density at radius 3 is 2.29 bits per heavy atom. The summed E-state index contributed by atoms with van der Waals surface area (Å²) >= 11 is 1.40. The smallest absolute Gasteiger partial charge is 0.329 e. The number of hydrogen-bond donors (Lipinski definition) is 1. The summed E-state index contributed by atoms with van der Waals surface area (Å²) in [7, 11) is 0. The Morgan fingerprint density at radius 2 is 1.60 bits per heavy atom. The van der Waals surface area contributed by atoms with Gasteiger partial charge in [-0.3, -0.25) is 14.5 Å². The maximum absolute atomic E-state index is 13.0. The zero-order valence-electron chi connectivity index (χ0n) is 19.2. The lowest BCUT2D eigenvalue weighted by Gasteiger charge is -2.20. The van der Waals surface area contributed by atoms with Crippen molar-refractivity contribution < 1.29 is 19.1 Å². The van der Waals surface area contributed by atoms with Gasteiger partial charge in [0.05, 0.1) is 10.2 Å². The standard InChI is InChI=1S/C27H25N3O4S/c1-2-30(27-29-21-15-9-10-16-23(21)35-27)24(31)18-34-26(33)22(17-19-11-5-3-6-12-19)28-25(32)20-13-7-4-8-14-20/h3-16,22H,2,17-18H2,1H3,(H,28,32). The van der Waals surface area contributed by atoms with Crippen LogP contribution in [-0.4, -0.2) is 42.0 Å². The van der Waals surface area contributed by atoms with Crippen molar-refractivity contribution in [3.8, 4) is 0 Å². The van der Waals surface area contributed by atoms with E-state index in [1.807, 2.05) is 67.6 Å². The van der Waals surface area contributed by atoms with E-state index >= 15 is 0 Å². The van der Waals surface area contributed by atoms with Crippen molar-refractivity contribution >= 4 is 44.5 Å². The number of anilines is 1. The minimum Gasteiger partial charge on any atom is -0.454 e. The molecule has 7 nitrogen and oxygen atoms in total. The summed E-state index contributed by atoms with van der Waals surface area (Å²) in [6.07, 6.45) is 0.238. The van der Waals surface area contributed by atoms with Crippen LogP contribution >= 0.6 is 11.3 Å². The third-order valence-corrected chi connectivity index (χ3v) is 6.44. The van der Waals surface area contributed by atoms with Crippen molar-refractivity contribution in [1.29, 1.82) is 0 Å². The number of esters is 1. The van der Waals surface area contributed by atoms with E-state index in [4.69, 9.17) is 4.74 Å². The molecule has 178 valence electrons. The van der Waals surface area contributed by atoms with Gasteiger partial charge in [0.2, 0.25) is 0 Å². The first-order chi connectivity index (χ1) is 17.0. The summed E-state index contributed by atoms with van der Waals surface area (Å²) in [5.74, 6) is -1.45. The van der Waals surface area contributed by atoms with E-state index in [2.05, 4.69) is 10.3 Å². The summed E-state index contributed by atoms with van der Waals surface area (Å²) in [6, 6.07) is 24.7. The molecular formula is C27H25N3O4S. The van der Waals surface area contributed by atoms with Crippen LogP contribution in [0.2, 0.25) is 0 Å². The van der Waals surface area contributed by atoms with E-state index in [1.165, 1.54) is 16.2 Å². The number of hydrogen-bond acceptors (Lipinski definition) is 6. The summed E-state index contributed by atoms with van der Waals surface area (Å²) in [4.78, 5) is 44.6. The minimum atomic E-state index is -0.949. The van der Waals surface area contributed by atoms with E-state index in [0.717, 1.165) is 15.8 Å². The van der Waals surface area contributed by atoms with Gasteiger partial charge in [-0.1, -0.05) is 72.0 Å². The minimum absolute atomic E-state index is 0.238. The topological polar surface area (TPSA) is 88.6 Å². The average molecular weight is 488 g/mol. The number of aromatic nitrogens is 1. The Morgan fingerprint density at radius 1 is 0.943 bits per heavy atom. The van der Waals surface area contributed by atoms with E-state index in [-0.39, 0.29) is 18.2 Å². The number of fused-ring (bicyclic) bond motifs is 1. The van der Waals surface area contributed by atoms with Crippen molar-refractivity contribution in [2.45, 2.75) is 19.4 Å². The number of ether oxygens (including phenoxy) is 1. The molecule has 0 radical (unpaired) electrons. The first-order valence-electron chi connectivity index (χ1n) is 11.3. The molecule has 2 amide bonds. The van der Waals surface area contributed by atoms with Gasteiger partial charge in [-0.25, -0.2) is 9.78 Å². The first kappa shape index (κ1) is 24.1. The van der Waals surface area contributed by atoms with Crippen LogP contribution in [0.25, 0.3) is 10.2 Å². The van der Waals surface area contributed by atoms with Gasteiger partial charge in [-0.15, -0.1) is 0 Å². The second-order valence-electron chi connectivity index (χ2n) is 7.79. The molecule has 0 aliphatic carbocycles. The third-order valence-electron chi connectivity index (χ3n) is 5.38. The summed E-state index contributed by atoms with van der Waals surface area (Å²) < 4.78 is 6.36.